The highest BCUT2D eigenvalue weighted by molar-refractivity contribution is 6.74. The molecule has 0 aromatic heterocycles. The van der Waals surface area contributed by atoms with Crippen molar-refractivity contribution in [2.45, 2.75) is 84.7 Å². The van der Waals surface area contributed by atoms with Gasteiger partial charge >= 0.3 is 6.09 Å². The van der Waals surface area contributed by atoms with Gasteiger partial charge in [0, 0.05) is 17.8 Å². The molecule has 6 heteroatoms. The molecule has 154 valence electrons. The van der Waals surface area contributed by atoms with Crippen LogP contribution in [0.1, 0.15) is 59.1 Å². The molecule has 1 aromatic carbocycles. The van der Waals surface area contributed by atoms with E-state index in [2.05, 4.69) is 33.9 Å². The highest BCUT2D eigenvalue weighted by Gasteiger charge is 2.37. The summed E-state index contributed by atoms with van der Waals surface area (Å²) in [4.78, 5) is 13.0. The largest absolute Gasteiger partial charge is 0.465 e. The van der Waals surface area contributed by atoms with E-state index in [4.69, 9.17) is 10.2 Å². The number of amides is 1. The Hall–Kier alpha value is -1.53. The van der Waals surface area contributed by atoms with Gasteiger partial charge in [0.1, 0.15) is 0 Å². The molecule has 1 aromatic rings. The summed E-state index contributed by atoms with van der Waals surface area (Å²) in [5.41, 5.74) is 8.62. The van der Waals surface area contributed by atoms with Crippen molar-refractivity contribution < 1.29 is 14.3 Å². The first-order valence-corrected chi connectivity index (χ1v) is 12.6. The first-order chi connectivity index (χ1) is 12.1. The lowest BCUT2D eigenvalue weighted by Crippen LogP contribution is -2.45. The van der Waals surface area contributed by atoms with Crippen LogP contribution in [0.3, 0.4) is 0 Å². The first kappa shape index (κ1) is 23.5. The van der Waals surface area contributed by atoms with Crippen molar-refractivity contribution >= 4 is 20.1 Å². The lowest BCUT2D eigenvalue weighted by atomic mass is 10.0. The smallest absolute Gasteiger partial charge is 0.407 e. The number of hydrogen-bond acceptors (Lipinski definition) is 3. The molecular formula is C21H38N2O3Si. The van der Waals surface area contributed by atoms with Gasteiger partial charge in [-0.1, -0.05) is 26.8 Å². The quantitative estimate of drug-likeness (QED) is 0.473. The fourth-order valence-electron chi connectivity index (χ4n) is 2.64. The van der Waals surface area contributed by atoms with Crippen molar-refractivity contribution in [3.8, 4) is 0 Å². The van der Waals surface area contributed by atoms with Crippen LogP contribution < -0.4 is 5.73 Å². The summed E-state index contributed by atoms with van der Waals surface area (Å²) in [6, 6.07) is 5.94. The minimum absolute atomic E-state index is 0.155. The number of nitrogens with two attached hydrogens (primary N) is 1. The monoisotopic (exact) mass is 394 g/mol. The highest BCUT2D eigenvalue weighted by Crippen LogP contribution is 2.37. The zero-order valence-electron chi connectivity index (χ0n) is 18.3. The Kier molecular flexibility index (Phi) is 7.53. The molecule has 1 rings (SSSR count). The van der Waals surface area contributed by atoms with Crippen LogP contribution in [0.25, 0.3) is 0 Å². The summed E-state index contributed by atoms with van der Waals surface area (Å²) >= 11 is 0. The molecule has 0 radical (unpaired) electrons. The van der Waals surface area contributed by atoms with E-state index in [0.29, 0.717) is 13.2 Å². The molecule has 1 amide bonds. The van der Waals surface area contributed by atoms with Gasteiger partial charge in [-0.05, 0) is 75.0 Å². The van der Waals surface area contributed by atoms with Crippen molar-refractivity contribution in [2.75, 3.05) is 12.3 Å². The van der Waals surface area contributed by atoms with Crippen LogP contribution in [0.5, 0.6) is 0 Å². The summed E-state index contributed by atoms with van der Waals surface area (Å²) in [6.45, 7) is 18.0. The molecule has 0 unspecified atom stereocenters. The average Bonchev–Trinajstić information content (AvgIpc) is 2.48. The fraction of sp³-hybridized carbons (Fsp3) is 0.667. The van der Waals surface area contributed by atoms with E-state index in [0.717, 1.165) is 24.1 Å². The maximum absolute atomic E-state index is 11.5. The van der Waals surface area contributed by atoms with Gasteiger partial charge in [-0.25, -0.2) is 4.79 Å². The first-order valence-electron chi connectivity index (χ1n) is 9.67. The normalized spacial score (nSPS) is 12.9. The highest BCUT2D eigenvalue weighted by atomic mass is 28.4. The fourth-order valence-corrected chi connectivity index (χ4v) is 3.59. The van der Waals surface area contributed by atoms with Crippen molar-refractivity contribution in [3.63, 3.8) is 0 Å². The summed E-state index contributed by atoms with van der Waals surface area (Å²) in [5, 5.41) is 9.60. The topological polar surface area (TPSA) is 75.8 Å². The lowest BCUT2D eigenvalue weighted by Gasteiger charge is -2.36. The van der Waals surface area contributed by atoms with Gasteiger partial charge in [-0.2, -0.15) is 0 Å². The van der Waals surface area contributed by atoms with E-state index in [1.165, 1.54) is 10.5 Å². The van der Waals surface area contributed by atoms with E-state index < -0.39 is 19.9 Å². The van der Waals surface area contributed by atoms with Crippen molar-refractivity contribution in [3.05, 3.63) is 29.3 Å². The molecule has 0 heterocycles. The molecular weight excluding hydrogens is 356 g/mol. The number of benzene rings is 1. The van der Waals surface area contributed by atoms with Crippen LogP contribution in [0.15, 0.2) is 18.2 Å². The second kappa shape index (κ2) is 8.65. The third-order valence-corrected chi connectivity index (χ3v) is 9.97. The number of aryl methyl sites for hydroxylation is 1. The molecule has 3 N–H and O–H groups in total. The Morgan fingerprint density at radius 2 is 1.74 bits per heavy atom. The molecule has 0 fully saturated rings. The van der Waals surface area contributed by atoms with E-state index in [1.54, 1.807) is 0 Å². The Balaban J connectivity index is 2.84. The maximum atomic E-state index is 11.5. The molecule has 0 spiro atoms. The lowest BCUT2D eigenvalue weighted by molar-refractivity contribution is 0.0995. The third-order valence-electron chi connectivity index (χ3n) is 5.49. The molecule has 0 aliphatic rings. The average molecular weight is 395 g/mol. The van der Waals surface area contributed by atoms with Crippen LogP contribution in [0.2, 0.25) is 18.1 Å². The third kappa shape index (κ3) is 6.85. The van der Waals surface area contributed by atoms with E-state index in [1.807, 2.05) is 39.0 Å². The van der Waals surface area contributed by atoms with Gasteiger partial charge in [0.15, 0.2) is 8.32 Å². The van der Waals surface area contributed by atoms with Gasteiger partial charge in [0.05, 0.1) is 6.61 Å². The number of carboxylic acid groups (broad SMARTS) is 1. The number of carbonyl (C=O) groups is 1. The number of nitrogen functional groups attached to an aromatic ring is 1. The van der Waals surface area contributed by atoms with Gasteiger partial charge in [0.2, 0.25) is 0 Å². The number of anilines is 1. The van der Waals surface area contributed by atoms with Crippen LogP contribution in [0, 0.1) is 0 Å². The van der Waals surface area contributed by atoms with Gasteiger partial charge < -0.3 is 20.2 Å². The molecule has 0 aliphatic carbocycles. The van der Waals surface area contributed by atoms with Crippen LogP contribution in [0.4, 0.5) is 10.5 Å². The van der Waals surface area contributed by atoms with E-state index >= 15 is 0 Å². The van der Waals surface area contributed by atoms with Crippen molar-refractivity contribution in [1.29, 1.82) is 0 Å². The zero-order chi connectivity index (χ0) is 21.0. The molecule has 0 saturated heterocycles. The minimum Gasteiger partial charge on any atom is -0.465 e. The summed E-state index contributed by atoms with van der Waals surface area (Å²) < 4.78 is 6.37. The standard InChI is InChI=1S/C21H38N2O3Si/c1-20(2,3)23(19(24)25)13-9-10-16-11-12-18(22)14-17(16)15-26-27(7,8)21(4,5)6/h11-12,14H,9-10,13,15,22H2,1-8H3,(H,24,25). The Morgan fingerprint density at radius 3 is 2.22 bits per heavy atom. The number of hydrogen-bond donors (Lipinski definition) is 2. The van der Waals surface area contributed by atoms with Gasteiger partial charge in [-0.15, -0.1) is 0 Å². The van der Waals surface area contributed by atoms with E-state index in [-0.39, 0.29) is 5.04 Å². The second-order valence-electron chi connectivity index (χ2n) is 9.79. The van der Waals surface area contributed by atoms with Gasteiger partial charge in [-0.3, -0.25) is 0 Å². The zero-order valence-corrected chi connectivity index (χ0v) is 19.3. The Labute approximate surface area is 166 Å². The van der Waals surface area contributed by atoms with Crippen LogP contribution in [-0.4, -0.2) is 36.5 Å². The van der Waals surface area contributed by atoms with Crippen LogP contribution in [-0.2, 0) is 17.5 Å². The maximum Gasteiger partial charge on any atom is 0.407 e. The number of rotatable bonds is 7. The molecule has 0 saturated carbocycles. The van der Waals surface area contributed by atoms with Gasteiger partial charge in [0.25, 0.3) is 0 Å². The molecule has 0 bridgehead atoms. The predicted molar refractivity (Wildman–Crippen MR) is 116 cm³/mol. The summed E-state index contributed by atoms with van der Waals surface area (Å²) in [7, 11) is -1.84. The van der Waals surface area contributed by atoms with Crippen molar-refractivity contribution in [2.24, 2.45) is 0 Å². The Bertz CT molecular complexity index is 646. The molecule has 0 aliphatic heterocycles. The molecule has 27 heavy (non-hydrogen) atoms. The molecule has 5 nitrogen and oxygen atoms in total. The molecule has 0 atom stereocenters. The van der Waals surface area contributed by atoms with Crippen LogP contribution >= 0.6 is 0 Å². The van der Waals surface area contributed by atoms with Crippen molar-refractivity contribution in [1.82, 2.24) is 4.90 Å². The second-order valence-corrected chi connectivity index (χ2v) is 14.6. The summed E-state index contributed by atoms with van der Waals surface area (Å²) in [6.07, 6.45) is 0.693. The number of nitrogens with zero attached hydrogens (tertiary/aromatic N) is 1. The minimum atomic E-state index is -1.84. The van der Waals surface area contributed by atoms with E-state index in [9.17, 15) is 9.90 Å². The SMILES string of the molecule is CC(C)(C)N(CCCc1ccc(N)cc1CO[Si](C)(C)C(C)(C)C)C(=O)O. The predicted octanol–water partition coefficient (Wildman–Crippen LogP) is 5.50. The Morgan fingerprint density at radius 1 is 1.15 bits per heavy atom. The summed E-state index contributed by atoms with van der Waals surface area (Å²) in [5.74, 6) is 0.